The van der Waals surface area contributed by atoms with Gasteiger partial charge in [-0.2, -0.15) is 5.10 Å². The Morgan fingerprint density at radius 1 is 1.55 bits per heavy atom. The Kier molecular flexibility index (Phi) is 1.47. The molecule has 0 atom stereocenters. The first-order chi connectivity index (χ1) is 5.40. The molecule has 2 rings (SSSR count). The van der Waals surface area contributed by atoms with Crippen molar-refractivity contribution in [3.8, 4) is 0 Å². The topological polar surface area (TPSA) is 63.8 Å². The molecule has 0 aliphatic heterocycles. The first-order valence-corrected chi connectivity index (χ1v) is 3.69. The molecule has 11 heavy (non-hydrogen) atoms. The molecule has 3 N–H and O–H groups in total. The van der Waals surface area contributed by atoms with Gasteiger partial charge in [0.2, 0.25) is 0 Å². The second-order valence-corrected chi connectivity index (χ2v) is 2.79. The van der Waals surface area contributed by atoms with Crippen molar-refractivity contribution in [2.75, 3.05) is 5.43 Å². The molecule has 0 radical (unpaired) electrons. The maximum Gasteiger partial charge on any atom is 0.162 e. The summed E-state index contributed by atoms with van der Waals surface area (Å²) in [6.45, 7) is 0. The number of nitrogens with two attached hydrogens (primary N) is 1. The molecule has 1 aromatic rings. The molecule has 58 valence electrons. The lowest BCUT2D eigenvalue weighted by atomic mass is 10.2. The molecule has 1 heterocycles. The number of nitrogens with zero attached hydrogens (tertiary/aromatic N) is 2. The Hall–Kier alpha value is -1.16. The predicted molar refractivity (Wildman–Crippen MR) is 41.8 cm³/mol. The molecular weight excluding hydrogens is 140 g/mol. The van der Waals surface area contributed by atoms with E-state index in [1.807, 2.05) is 6.07 Å². The molecule has 0 amide bonds. The van der Waals surface area contributed by atoms with Gasteiger partial charge < -0.3 is 5.43 Å². The van der Waals surface area contributed by atoms with Gasteiger partial charge in [-0.05, 0) is 30.4 Å². The average molecular weight is 150 g/mol. The van der Waals surface area contributed by atoms with E-state index in [-0.39, 0.29) is 0 Å². The van der Waals surface area contributed by atoms with E-state index >= 15 is 0 Å². The van der Waals surface area contributed by atoms with Crippen molar-refractivity contribution in [1.29, 1.82) is 0 Å². The monoisotopic (exact) mass is 150 g/mol. The maximum atomic E-state index is 5.19. The summed E-state index contributed by atoms with van der Waals surface area (Å²) >= 11 is 0. The highest BCUT2D eigenvalue weighted by molar-refractivity contribution is 5.36. The summed E-state index contributed by atoms with van der Waals surface area (Å²) in [6, 6.07) is 1.95. The first-order valence-electron chi connectivity index (χ1n) is 3.69. The SMILES string of the molecule is NNc1cc(C2CC2)cnn1. The van der Waals surface area contributed by atoms with Crippen LogP contribution >= 0.6 is 0 Å². The summed E-state index contributed by atoms with van der Waals surface area (Å²) in [6.07, 6.45) is 4.35. The highest BCUT2D eigenvalue weighted by Gasteiger charge is 2.23. The Balaban J connectivity index is 2.26. The van der Waals surface area contributed by atoms with Gasteiger partial charge in [0.15, 0.2) is 5.82 Å². The smallest absolute Gasteiger partial charge is 0.162 e. The molecule has 1 saturated carbocycles. The van der Waals surface area contributed by atoms with E-state index in [4.69, 9.17) is 5.84 Å². The fourth-order valence-corrected chi connectivity index (χ4v) is 1.09. The molecule has 0 spiro atoms. The molecule has 0 unspecified atom stereocenters. The minimum Gasteiger partial charge on any atom is -0.307 e. The zero-order chi connectivity index (χ0) is 7.68. The number of hydrazine groups is 1. The lowest BCUT2D eigenvalue weighted by Gasteiger charge is -1.99. The van der Waals surface area contributed by atoms with Gasteiger partial charge in [0.1, 0.15) is 0 Å². The second kappa shape index (κ2) is 2.47. The zero-order valence-corrected chi connectivity index (χ0v) is 6.12. The molecule has 4 nitrogen and oxygen atoms in total. The van der Waals surface area contributed by atoms with Crippen molar-refractivity contribution in [3.05, 3.63) is 17.8 Å². The Morgan fingerprint density at radius 2 is 2.36 bits per heavy atom. The second-order valence-electron chi connectivity index (χ2n) is 2.79. The third-order valence-electron chi connectivity index (χ3n) is 1.87. The highest BCUT2D eigenvalue weighted by Crippen LogP contribution is 2.39. The number of nitrogens with one attached hydrogen (secondary N) is 1. The standard InChI is InChI=1S/C7H10N4/c8-10-7-3-6(4-9-11-7)5-1-2-5/h3-5H,1-2,8H2,(H,10,11). The first kappa shape index (κ1) is 6.54. The van der Waals surface area contributed by atoms with Crippen LogP contribution in [-0.2, 0) is 0 Å². The van der Waals surface area contributed by atoms with E-state index in [2.05, 4.69) is 15.6 Å². The maximum absolute atomic E-state index is 5.19. The third kappa shape index (κ3) is 1.30. The van der Waals surface area contributed by atoms with Gasteiger partial charge in [0, 0.05) is 0 Å². The summed E-state index contributed by atoms with van der Waals surface area (Å²) < 4.78 is 0. The molecule has 1 aliphatic carbocycles. The largest absolute Gasteiger partial charge is 0.307 e. The van der Waals surface area contributed by atoms with Crippen LogP contribution in [-0.4, -0.2) is 10.2 Å². The van der Waals surface area contributed by atoms with Gasteiger partial charge >= 0.3 is 0 Å². The summed E-state index contributed by atoms with van der Waals surface area (Å²) in [5, 5.41) is 7.61. The molecule has 0 saturated heterocycles. The van der Waals surface area contributed by atoms with Crippen LogP contribution in [0.4, 0.5) is 5.82 Å². The van der Waals surface area contributed by atoms with E-state index in [9.17, 15) is 0 Å². The molecule has 4 heteroatoms. The number of nitrogen functional groups attached to an aromatic ring is 1. The number of aromatic nitrogens is 2. The summed E-state index contributed by atoms with van der Waals surface area (Å²) in [7, 11) is 0. The van der Waals surface area contributed by atoms with Crippen LogP contribution in [0.5, 0.6) is 0 Å². The lowest BCUT2D eigenvalue weighted by molar-refractivity contribution is 0.973. The van der Waals surface area contributed by atoms with E-state index in [0.29, 0.717) is 11.7 Å². The molecule has 1 aliphatic rings. The quantitative estimate of drug-likeness (QED) is 0.479. The summed E-state index contributed by atoms with van der Waals surface area (Å²) in [4.78, 5) is 0. The molecule has 1 fully saturated rings. The third-order valence-corrected chi connectivity index (χ3v) is 1.87. The molecule has 0 aromatic carbocycles. The fraction of sp³-hybridized carbons (Fsp3) is 0.429. The number of anilines is 1. The van der Waals surface area contributed by atoms with Gasteiger partial charge in [0.05, 0.1) is 6.20 Å². The van der Waals surface area contributed by atoms with Crippen LogP contribution in [0, 0.1) is 0 Å². The van der Waals surface area contributed by atoms with E-state index < -0.39 is 0 Å². The minimum absolute atomic E-state index is 0.648. The number of rotatable bonds is 2. The van der Waals surface area contributed by atoms with Crippen LogP contribution < -0.4 is 11.3 Å². The highest BCUT2D eigenvalue weighted by atomic mass is 15.3. The van der Waals surface area contributed by atoms with Crippen LogP contribution in [0.1, 0.15) is 24.3 Å². The van der Waals surface area contributed by atoms with Gasteiger partial charge in [0.25, 0.3) is 0 Å². The van der Waals surface area contributed by atoms with Crippen LogP contribution in [0.2, 0.25) is 0 Å². The Bertz CT molecular complexity index is 256. The van der Waals surface area contributed by atoms with Crippen molar-refractivity contribution in [1.82, 2.24) is 10.2 Å². The normalized spacial score (nSPS) is 16.5. The van der Waals surface area contributed by atoms with Gasteiger partial charge in [-0.25, -0.2) is 5.84 Å². The Labute approximate surface area is 64.8 Å². The van der Waals surface area contributed by atoms with E-state index in [1.54, 1.807) is 6.20 Å². The zero-order valence-electron chi connectivity index (χ0n) is 6.12. The fourth-order valence-electron chi connectivity index (χ4n) is 1.09. The van der Waals surface area contributed by atoms with Crippen molar-refractivity contribution in [2.45, 2.75) is 18.8 Å². The van der Waals surface area contributed by atoms with Gasteiger partial charge in [-0.1, -0.05) is 0 Å². The van der Waals surface area contributed by atoms with Crippen molar-refractivity contribution < 1.29 is 0 Å². The van der Waals surface area contributed by atoms with Crippen molar-refractivity contribution in [2.24, 2.45) is 5.84 Å². The number of hydrogen-bond acceptors (Lipinski definition) is 4. The molecule has 1 aromatic heterocycles. The van der Waals surface area contributed by atoms with Crippen LogP contribution in [0.3, 0.4) is 0 Å². The van der Waals surface area contributed by atoms with E-state index in [0.717, 1.165) is 0 Å². The lowest BCUT2D eigenvalue weighted by Crippen LogP contribution is -2.09. The van der Waals surface area contributed by atoms with Crippen LogP contribution in [0.15, 0.2) is 12.3 Å². The summed E-state index contributed by atoms with van der Waals surface area (Å²) in [5.74, 6) is 6.54. The molecule has 0 bridgehead atoms. The minimum atomic E-state index is 0.648. The summed E-state index contributed by atoms with van der Waals surface area (Å²) in [5.41, 5.74) is 3.72. The molecular formula is C7H10N4. The number of hydrogen-bond donors (Lipinski definition) is 2. The average Bonchev–Trinajstić information content (AvgIpc) is 2.87. The van der Waals surface area contributed by atoms with Crippen molar-refractivity contribution in [3.63, 3.8) is 0 Å². The Morgan fingerprint density at radius 3 is 3.00 bits per heavy atom. The van der Waals surface area contributed by atoms with Gasteiger partial charge in [-0.15, -0.1) is 5.10 Å². The van der Waals surface area contributed by atoms with E-state index in [1.165, 1.54) is 18.4 Å². The van der Waals surface area contributed by atoms with Gasteiger partial charge in [-0.3, -0.25) is 0 Å². The van der Waals surface area contributed by atoms with Crippen LogP contribution in [0.25, 0.3) is 0 Å². The predicted octanol–water partition coefficient (Wildman–Crippen LogP) is 0.640. The van der Waals surface area contributed by atoms with Crippen molar-refractivity contribution >= 4 is 5.82 Å².